The van der Waals surface area contributed by atoms with E-state index in [0.29, 0.717) is 12.5 Å². The molecule has 102 valence electrons. The summed E-state index contributed by atoms with van der Waals surface area (Å²) < 4.78 is 27.3. The molecule has 18 heavy (non-hydrogen) atoms. The van der Waals surface area contributed by atoms with Gasteiger partial charge in [-0.15, -0.1) is 11.6 Å². The van der Waals surface area contributed by atoms with Crippen molar-refractivity contribution < 1.29 is 8.42 Å². The predicted octanol–water partition coefficient (Wildman–Crippen LogP) is 1.71. The number of sulfonamides is 1. The second kappa shape index (κ2) is 5.00. The molecule has 1 aliphatic rings. The number of nitrogens with zero attached hydrogens (tertiary/aromatic N) is 3. The molecule has 0 aromatic carbocycles. The van der Waals surface area contributed by atoms with E-state index in [0.717, 1.165) is 12.8 Å². The van der Waals surface area contributed by atoms with Gasteiger partial charge in [-0.1, -0.05) is 11.6 Å². The lowest BCUT2D eigenvalue weighted by molar-refractivity contribution is 0.268. The van der Waals surface area contributed by atoms with E-state index >= 15 is 0 Å². The molecule has 0 unspecified atom stereocenters. The summed E-state index contributed by atoms with van der Waals surface area (Å²) in [6.45, 7) is 0.465. The standard InChI is InChI=1S/C10H15Cl2N3O2S/c1-14(6-7-3-8(11)4-7)18(16,17)10-9(12)5-13-15(10)2/h5,7-8H,3-4,6H2,1-2H3. The first kappa shape index (κ1) is 14.1. The molecule has 0 amide bonds. The second-order valence-corrected chi connectivity index (χ2v) is 7.63. The Morgan fingerprint density at radius 2 is 2.17 bits per heavy atom. The van der Waals surface area contributed by atoms with Crippen LogP contribution in [0.15, 0.2) is 11.2 Å². The molecule has 1 saturated carbocycles. The van der Waals surface area contributed by atoms with Gasteiger partial charge in [0, 0.05) is 26.0 Å². The van der Waals surface area contributed by atoms with Crippen LogP contribution >= 0.6 is 23.2 Å². The van der Waals surface area contributed by atoms with E-state index in [9.17, 15) is 8.42 Å². The number of aromatic nitrogens is 2. The van der Waals surface area contributed by atoms with Crippen molar-refractivity contribution >= 4 is 33.2 Å². The molecule has 0 bridgehead atoms. The van der Waals surface area contributed by atoms with Crippen LogP contribution in [-0.4, -0.2) is 41.5 Å². The zero-order valence-electron chi connectivity index (χ0n) is 10.2. The molecule has 1 aliphatic carbocycles. The van der Waals surface area contributed by atoms with Crippen molar-refractivity contribution in [3.05, 3.63) is 11.2 Å². The number of rotatable bonds is 4. The smallest absolute Gasteiger partial charge is 0.255 e. The van der Waals surface area contributed by atoms with Crippen molar-refractivity contribution in [2.45, 2.75) is 23.2 Å². The van der Waals surface area contributed by atoms with Gasteiger partial charge in [0.25, 0.3) is 10.0 Å². The lowest BCUT2D eigenvalue weighted by Crippen LogP contribution is -2.38. The molecule has 8 heteroatoms. The minimum absolute atomic E-state index is 0.0356. The van der Waals surface area contributed by atoms with Crippen LogP contribution in [0.1, 0.15) is 12.8 Å². The zero-order valence-corrected chi connectivity index (χ0v) is 12.5. The van der Waals surface area contributed by atoms with Crippen molar-refractivity contribution in [2.24, 2.45) is 13.0 Å². The van der Waals surface area contributed by atoms with E-state index < -0.39 is 10.0 Å². The van der Waals surface area contributed by atoms with Gasteiger partial charge in [0.15, 0.2) is 5.03 Å². The van der Waals surface area contributed by atoms with Crippen LogP contribution in [0.3, 0.4) is 0 Å². The van der Waals surface area contributed by atoms with E-state index in [-0.39, 0.29) is 15.4 Å². The summed E-state index contributed by atoms with van der Waals surface area (Å²) in [5.41, 5.74) is 0. The van der Waals surface area contributed by atoms with Crippen molar-refractivity contribution in [1.82, 2.24) is 14.1 Å². The highest BCUT2D eigenvalue weighted by Crippen LogP contribution is 2.33. The molecular formula is C10H15Cl2N3O2S. The van der Waals surface area contributed by atoms with E-state index in [1.807, 2.05) is 0 Å². The first-order valence-corrected chi connectivity index (χ1v) is 7.85. The Balaban J connectivity index is 2.16. The topological polar surface area (TPSA) is 55.2 Å². The summed E-state index contributed by atoms with van der Waals surface area (Å²) in [6.07, 6.45) is 3.06. The number of alkyl halides is 1. The molecule has 5 nitrogen and oxygen atoms in total. The fourth-order valence-electron chi connectivity index (χ4n) is 2.10. The minimum Gasteiger partial charge on any atom is -0.255 e. The molecule has 1 fully saturated rings. The summed E-state index contributed by atoms with van der Waals surface area (Å²) in [7, 11) is -0.471. The monoisotopic (exact) mass is 311 g/mol. The van der Waals surface area contributed by atoms with Gasteiger partial charge in [-0.2, -0.15) is 9.40 Å². The highest BCUT2D eigenvalue weighted by molar-refractivity contribution is 7.89. The van der Waals surface area contributed by atoms with Crippen LogP contribution in [0.5, 0.6) is 0 Å². The first-order valence-electron chi connectivity index (χ1n) is 5.60. The van der Waals surface area contributed by atoms with Gasteiger partial charge < -0.3 is 0 Å². The third-order valence-electron chi connectivity index (χ3n) is 3.19. The normalized spacial score (nSPS) is 24.3. The molecule has 0 aliphatic heterocycles. The number of hydrogen-bond donors (Lipinski definition) is 0. The molecule has 1 heterocycles. The molecule has 0 N–H and O–H groups in total. The Kier molecular flexibility index (Phi) is 3.92. The van der Waals surface area contributed by atoms with Gasteiger partial charge in [-0.25, -0.2) is 8.42 Å². The highest BCUT2D eigenvalue weighted by Gasteiger charge is 2.33. The molecule has 1 aromatic rings. The summed E-state index contributed by atoms with van der Waals surface area (Å²) in [5, 5.41) is 4.22. The molecule has 0 radical (unpaired) electrons. The minimum atomic E-state index is -3.59. The molecular weight excluding hydrogens is 297 g/mol. The first-order chi connectivity index (χ1) is 8.32. The van der Waals surface area contributed by atoms with Crippen LogP contribution in [0.25, 0.3) is 0 Å². The van der Waals surface area contributed by atoms with Crippen LogP contribution in [-0.2, 0) is 17.1 Å². The van der Waals surface area contributed by atoms with Crippen molar-refractivity contribution in [1.29, 1.82) is 0 Å². The Morgan fingerprint density at radius 1 is 1.56 bits per heavy atom. The summed E-state index contributed by atoms with van der Waals surface area (Å²) in [5.74, 6) is 0.333. The Bertz CT molecular complexity index is 518. The van der Waals surface area contributed by atoms with E-state index in [2.05, 4.69) is 5.10 Å². The molecule has 2 rings (SSSR count). The molecule has 0 spiro atoms. The van der Waals surface area contributed by atoms with E-state index in [4.69, 9.17) is 23.2 Å². The lowest BCUT2D eigenvalue weighted by Gasteiger charge is -2.33. The average Bonchev–Trinajstić information content (AvgIpc) is 2.56. The largest absolute Gasteiger partial charge is 0.261 e. The second-order valence-electron chi connectivity index (χ2n) is 4.64. The maximum absolute atomic E-state index is 12.3. The van der Waals surface area contributed by atoms with Crippen LogP contribution < -0.4 is 0 Å². The van der Waals surface area contributed by atoms with E-state index in [1.165, 1.54) is 15.2 Å². The Morgan fingerprint density at radius 3 is 2.61 bits per heavy atom. The quantitative estimate of drug-likeness (QED) is 0.795. The number of halogens is 2. The van der Waals surface area contributed by atoms with Crippen LogP contribution in [0.2, 0.25) is 5.02 Å². The molecule has 0 atom stereocenters. The van der Waals surface area contributed by atoms with Gasteiger partial charge in [0.05, 0.1) is 11.2 Å². The molecule has 1 aromatic heterocycles. The Hall–Kier alpha value is -0.300. The van der Waals surface area contributed by atoms with Gasteiger partial charge in [0.2, 0.25) is 0 Å². The number of aryl methyl sites for hydroxylation is 1. The van der Waals surface area contributed by atoms with Crippen molar-refractivity contribution in [3.63, 3.8) is 0 Å². The fourth-order valence-corrected chi connectivity index (χ4v) is 4.45. The lowest BCUT2D eigenvalue weighted by atomic mass is 9.85. The van der Waals surface area contributed by atoms with Gasteiger partial charge in [-0.05, 0) is 18.8 Å². The SMILES string of the molecule is CN(CC1CC(Cl)C1)S(=O)(=O)c1c(Cl)cnn1C. The zero-order chi connectivity index (χ0) is 13.5. The maximum atomic E-state index is 12.3. The van der Waals surface area contributed by atoms with Crippen LogP contribution in [0.4, 0.5) is 0 Å². The molecule has 0 saturated heterocycles. The van der Waals surface area contributed by atoms with E-state index in [1.54, 1.807) is 14.1 Å². The van der Waals surface area contributed by atoms with Crippen molar-refractivity contribution in [2.75, 3.05) is 13.6 Å². The number of hydrogen-bond acceptors (Lipinski definition) is 3. The van der Waals surface area contributed by atoms with Crippen molar-refractivity contribution in [3.8, 4) is 0 Å². The summed E-state index contributed by atoms with van der Waals surface area (Å²) in [4.78, 5) is 0. The highest BCUT2D eigenvalue weighted by atomic mass is 35.5. The van der Waals surface area contributed by atoms with Gasteiger partial charge in [0.1, 0.15) is 0 Å². The van der Waals surface area contributed by atoms with Gasteiger partial charge >= 0.3 is 0 Å². The van der Waals surface area contributed by atoms with Gasteiger partial charge in [-0.3, -0.25) is 4.68 Å². The van der Waals surface area contributed by atoms with Crippen LogP contribution in [0, 0.1) is 5.92 Å². The third-order valence-corrected chi connectivity index (χ3v) is 5.88. The maximum Gasteiger partial charge on any atom is 0.261 e. The average molecular weight is 312 g/mol. The fraction of sp³-hybridized carbons (Fsp3) is 0.700. The Labute approximate surface area is 117 Å². The predicted molar refractivity (Wildman–Crippen MR) is 70.4 cm³/mol. The summed E-state index contributed by atoms with van der Waals surface area (Å²) in [6, 6.07) is 0. The summed E-state index contributed by atoms with van der Waals surface area (Å²) >= 11 is 11.8. The third kappa shape index (κ3) is 2.52.